The number of rotatable bonds is 10. The minimum Gasteiger partial charge on any atom is -0.311 e. The maximum Gasteiger partial charge on any atom is 0.252 e. The average Bonchev–Trinajstić information content (AvgIpc) is 0.685. The molecule has 0 saturated carbocycles. The van der Waals surface area contributed by atoms with Gasteiger partial charge in [0, 0.05) is 79.6 Å². The zero-order chi connectivity index (χ0) is 71.9. The summed E-state index contributed by atoms with van der Waals surface area (Å²) < 4.78 is 0. The molecule has 0 aromatic heterocycles. The van der Waals surface area contributed by atoms with Gasteiger partial charge in [-0.15, -0.1) is 0 Å². The first-order valence-corrected chi connectivity index (χ1v) is 37.2. The van der Waals surface area contributed by atoms with Crippen molar-refractivity contribution < 1.29 is 0 Å². The fraction of sp³-hybridized carbons (Fsp3) is 0.188. The summed E-state index contributed by atoms with van der Waals surface area (Å²) in [4.78, 5) is 15.6. The van der Waals surface area contributed by atoms with Crippen LogP contribution in [0.2, 0.25) is 0 Å². The lowest BCUT2D eigenvalue weighted by molar-refractivity contribution is 0.586. The van der Waals surface area contributed by atoms with Gasteiger partial charge in [0.15, 0.2) is 0 Å². The normalized spacial score (nSPS) is 13.6. The first kappa shape index (κ1) is 66.1. The molecule has 510 valence electrons. The molecule has 4 aliphatic rings. The number of anilines is 18. The Hall–Kier alpha value is -11.2. The van der Waals surface area contributed by atoms with Gasteiger partial charge in [-0.2, -0.15) is 0 Å². The Kier molecular flexibility index (Phi) is 15.7. The van der Waals surface area contributed by atoms with Crippen molar-refractivity contribution in [3.05, 3.63) is 325 Å². The van der Waals surface area contributed by atoms with Crippen molar-refractivity contribution in [1.29, 1.82) is 0 Å². The van der Waals surface area contributed by atoms with Gasteiger partial charge in [0.2, 0.25) is 0 Å². The lowest BCUT2D eigenvalue weighted by Crippen LogP contribution is -2.65. The largest absolute Gasteiger partial charge is 0.311 e. The van der Waals surface area contributed by atoms with Crippen LogP contribution in [0.5, 0.6) is 0 Å². The van der Waals surface area contributed by atoms with Gasteiger partial charge in [-0.05, 0) is 205 Å². The van der Waals surface area contributed by atoms with Crippen LogP contribution in [-0.4, -0.2) is 13.4 Å². The molecule has 17 rings (SSSR count). The molecule has 0 amide bonds. The third kappa shape index (κ3) is 10.8. The van der Waals surface area contributed by atoms with E-state index in [0.717, 1.165) is 91.0 Å². The Morgan fingerprint density at radius 1 is 0.240 bits per heavy atom. The molecule has 0 bridgehead atoms. The fourth-order valence-electron chi connectivity index (χ4n) is 17.5. The molecule has 6 nitrogen and oxygen atoms in total. The van der Waals surface area contributed by atoms with E-state index in [-0.39, 0.29) is 35.1 Å². The number of fused-ring (bicyclic) bond motifs is 8. The summed E-state index contributed by atoms with van der Waals surface area (Å²) in [7, 11) is 0. The average molecular weight is 1350 g/mol. The minimum atomic E-state index is -0.207. The second kappa shape index (κ2) is 24.8. The van der Waals surface area contributed by atoms with Crippen LogP contribution in [0.3, 0.4) is 0 Å². The molecule has 8 heteroatoms. The molecule has 13 aromatic rings. The van der Waals surface area contributed by atoms with Crippen molar-refractivity contribution >= 4 is 149 Å². The van der Waals surface area contributed by atoms with Crippen LogP contribution in [-0.2, 0) is 21.7 Å². The van der Waals surface area contributed by atoms with Gasteiger partial charge < -0.3 is 29.4 Å². The number of hydrogen-bond acceptors (Lipinski definition) is 6. The van der Waals surface area contributed by atoms with Gasteiger partial charge in [-0.1, -0.05) is 271 Å². The summed E-state index contributed by atoms with van der Waals surface area (Å²) >= 11 is 0. The molecule has 0 aliphatic carbocycles. The first-order chi connectivity index (χ1) is 50.0. The van der Waals surface area contributed by atoms with Gasteiger partial charge in [-0.25, -0.2) is 0 Å². The maximum absolute atomic E-state index is 2.67. The molecule has 0 unspecified atom stereocenters. The lowest BCUT2D eigenvalue weighted by Gasteiger charge is -2.48. The van der Waals surface area contributed by atoms with Gasteiger partial charge in [0.1, 0.15) is 0 Å². The van der Waals surface area contributed by atoms with Crippen molar-refractivity contribution in [2.75, 3.05) is 29.4 Å². The van der Waals surface area contributed by atoms with Crippen LogP contribution in [0.15, 0.2) is 291 Å². The second-order valence-corrected chi connectivity index (χ2v) is 33.1. The monoisotopic (exact) mass is 1350 g/mol. The van der Waals surface area contributed by atoms with Gasteiger partial charge in [0.05, 0.1) is 22.7 Å². The Morgan fingerprint density at radius 2 is 0.519 bits per heavy atom. The van der Waals surface area contributed by atoms with Crippen molar-refractivity contribution in [3.63, 3.8) is 0 Å². The topological polar surface area (TPSA) is 19.4 Å². The van der Waals surface area contributed by atoms with E-state index in [2.05, 4.69) is 418 Å². The molecule has 0 radical (unpaired) electrons. The minimum absolute atomic E-state index is 0.194. The van der Waals surface area contributed by atoms with Crippen molar-refractivity contribution in [3.8, 4) is 0 Å². The number of hydrogen-bond donors (Lipinski definition) is 0. The molecular formula is C96H90B2N6. The molecule has 0 saturated heterocycles. The molecule has 4 aliphatic heterocycles. The molecule has 4 heterocycles. The Morgan fingerprint density at radius 3 is 0.846 bits per heavy atom. The summed E-state index contributed by atoms with van der Waals surface area (Å²) in [5.74, 6) is 0. The van der Waals surface area contributed by atoms with Gasteiger partial charge in [0.25, 0.3) is 13.4 Å². The predicted octanol–water partition coefficient (Wildman–Crippen LogP) is 22.6. The third-order valence-corrected chi connectivity index (χ3v) is 22.1. The van der Waals surface area contributed by atoms with E-state index in [4.69, 9.17) is 0 Å². The van der Waals surface area contributed by atoms with Crippen molar-refractivity contribution in [1.82, 2.24) is 0 Å². The summed E-state index contributed by atoms with van der Waals surface area (Å²) in [5, 5.41) is 0. The summed E-state index contributed by atoms with van der Waals surface area (Å²) in [5.41, 5.74) is 34.7. The number of nitrogens with zero attached hydrogens (tertiary/aromatic N) is 6. The lowest BCUT2D eigenvalue weighted by atomic mass is 9.30. The summed E-state index contributed by atoms with van der Waals surface area (Å²) in [6.07, 6.45) is 0. The standard InChI is InChI=1S/C96H90B2N6/c1-63-37-35-49-73(95(9,10)11)91(63)103(79-53-31-27-47-71(79)93(3,4)5)69-57-85-89-87(59-69)101(67-43-23-17-24-44-67)83-62-84-78(61-77(83)97(89)75-51-29-33-55-81(75)99(85)65-39-19-15-20-40-65)98-76-52-30-34-56-82(76)100(66-41-21-16-22-42-66)86-58-70(60-88(90(86)98)102(84)68-45-25-18-26-46-68)104(80-54-32-28-48-72(80)94(6,7)8)92-64(2)38-36-50-74(92)96(12,13)14/h15-62H,1-14H3. The van der Waals surface area contributed by atoms with Crippen LogP contribution in [0.4, 0.5) is 102 Å². The highest BCUT2D eigenvalue weighted by Gasteiger charge is 2.50. The molecule has 0 atom stereocenters. The maximum atomic E-state index is 2.67. The SMILES string of the molecule is Cc1cccc(C(C)(C)C)c1N(c1cc2c3c(c1)N(c1ccccc1)c1cc4c(cc1B3c1ccccc1N2c1ccccc1)B1c2ccccc2N(c2ccccc2)c2cc(N(c3ccccc3C(C)(C)C)c3c(C)cccc3C(C)(C)C)cc(c21)N4c1ccccc1)c1ccccc1C(C)(C)C. The van der Waals surface area contributed by atoms with E-state index in [1.165, 1.54) is 77.5 Å². The zero-order valence-electron chi connectivity index (χ0n) is 62.6. The first-order valence-electron chi connectivity index (χ1n) is 37.2. The summed E-state index contributed by atoms with van der Waals surface area (Å²) in [6, 6.07) is 111. The fourth-order valence-corrected chi connectivity index (χ4v) is 17.5. The molecule has 0 N–H and O–H groups in total. The van der Waals surface area contributed by atoms with Gasteiger partial charge >= 0.3 is 0 Å². The van der Waals surface area contributed by atoms with Crippen LogP contribution in [0.25, 0.3) is 0 Å². The van der Waals surface area contributed by atoms with Crippen LogP contribution in [0.1, 0.15) is 116 Å². The number of para-hydroxylation sites is 10. The molecule has 104 heavy (non-hydrogen) atoms. The molecular weight excluding hydrogens is 1260 g/mol. The Bertz CT molecular complexity index is 5170. The summed E-state index contributed by atoms with van der Waals surface area (Å²) in [6.45, 7) is 32.5. The highest BCUT2D eigenvalue weighted by atomic mass is 15.2. The van der Waals surface area contributed by atoms with E-state index < -0.39 is 0 Å². The van der Waals surface area contributed by atoms with Crippen LogP contribution in [0, 0.1) is 13.8 Å². The number of aryl methyl sites for hydroxylation is 2. The molecule has 0 fully saturated rings. The van der Waals surface area contributed by atoms with Crippen molar-refractivity contribution in [2.45, 2.75) is 119 Å². The van der Waals surface area contributed by atoms with E-state index in [1.54, 1.807) is 0 Å². The zero-order valence-corrected chi connectivity index (χ0v) is 62.6. The van der Waals surface area contributed by atoms with E-state index in [1.807, 2.05) is 0 Å². The third-order valence-electron chi connectivity index (χ3n) is 22.1. The number of benzene rings is 13. The Labute approximate surface area is 617 Å². The van der Waals surface area contributed by atoms with Gasteiger partial charge in [-0.3, -0.25) is 0 Å². The van der Waals surface area contributed by atoms with Crippen LogP contribution >= 0.6 is 0 Å². The smallest absolute Gasteiger partial charge is 0.252 e. The van der Waals surface area contributed by atoms with E-state index >= 15 is 0 Å². The van der Waals surface area contributed by atoms with E-state index in [9.17, 15) is 0 Å². The molecule has 13 aromatic carbocycles. The predicted molar refractivity (Wildman–Crippen MR) is 448 cm³/mol. The van der Waals surface area contributed by atoms with Crippen LogP contribution < -0.4 is 62.2 Å². The van der Waals surface area contributed by atoms with E-state index in [0.29, 0.717) is 0 Å². The highest BCUT2D eigenvalue weighted by Crippen LogP contribution is 2.56. The van der Waals surface area contributed by atoms with Crippen molar-refractivity contribution in [2.24, 2.45) is 0 Å². The quantitative estimate of drug-likeness (QED) is 0.126. The second-order valence-electron chi connectivity index (χ2n) is 33.1. The molecule has 0 spiro atoms. The Balaban J connectivity index is 1.02. The highest BCUT2D eigenvalue weighted by molar-refractivity contribution is 7.03.